The number of benzene rings is 1. The van der Waals surface area contributed by atoms with E-state index in [1.165, 1.54) is 0 Å². The minimum Gasteiger partial charge on any atom is -0.455 e. The maximum absolute atomic E-state index is 6.03. The number of hydrogen-bond acceptors (Lipinski definition) is 4. The molecule has 1 saturated heterocycles. The number of piperazine rings is 1. The molecule has 0 spiro atoms. The third-order valence-corrected chi connectivity index (χ3v) is 4.40. The molecule has 116 valence electrons. The number of hydrazone groups is 1. The van der Waals surface area contributed by atoms with Gasteiger partial charge in [-0.1, -0.05) is 23.2 Å². The smallest absolute Gasteiger partial charge is 0.147 e. The molecule has 2 aromatic rings. The number of rotatable bonds is 3. The third kappa shape index (κ3) is 3.64. The van der Waals surface area contributed by atoms with Crippen LogP contribution in [0.1, 0.15) is 5.76 Å². The third-order valence-electron chi connectivity index (χ3n) is 3.66. The first-order chi connectivity index (χ1) is 10.6. The van der Waals surface area contributed by atoms with Crippen LogP contribution in [0.15, 0.2) is 39.9 Å². The molecule has 0 amide bonds. The van der Waals surface area contributed by atoms with Crippen molar-refractivity contribution in [1.29, 1.82) is 0 Å². The standard InChI is InChI=1S/C16H17Cl2N3O/c1-20-6-8-21(9-7-20)19-11-13-3-5-16(22-13)12-2-4-14(17)15(18)10-12/h2-5,10-11H,6-9H2,1H3/b19-11-. The predicted molar refractivity (Wildman–Crippen MR) is 90.8 cm³/mol. The lowest BCUT2D eigenvalue weighted by atomic mass is 10.2. The minimum atomic E-state index is 0.517. The molecule has 0 aliphatic carbocycles. The maximum atomic E-state index is 6.03. The molecular formula is C16H17Cl2N3O. The van der Waals surface area contributed by atoms with Gasteiger partial charge in [0, 0.05) is 31.7 Å². The molecule has 1 aromatic carbocycles. The van der Waals surface area contributed by atoms with Gasteiger partial charge < -0.3 is 9.32 Å². The fraction of sp³-hybridized carbons (Fsp3) is 0.312. The summed E-state index contributed by atoms with van der Waals surface area (Å²) in [6, 6.07) is 9.25. The Morgan fingerprint density at radius 2 is 1.82 bits per heavy atom. The normalized spacial score (nSPS) is 16.6. The van der Waals surface area contributed by atoms with E-state index in [4.69, 9.17) is 27.6 Å². The van der Waals surface area contributed by atoms with E-state index in [0.717, 1.165) is 43.3 Å². The van der Waals surface area contributed by atoms with E-state index in [-0.39, 0.29) is 0 Å². The Kier molecular flexibility index (Phi) is 4.71. The fourth-order valence-corrected chi connectivity index (χ4v) is 2.57. The Labute approximate surface area is 139 Å². The zero-order valence-electron chi connectivity index (χ0n) is 12.3. The highest BCUT2D eigenvalue weighted by molar-refractivity contribution is 6.42. The van der Waals surface area contributed by atoms with Crippen LogP contribution in [0.4, 0.5) is 0 Å². The minimum absolute atomic E-state index is 0.517. The molecule has 2 heterocycles. The summed E-state index contributed by atoms with van der Waals surface area (Å²) in [5, 5.41) is 7.58. The summed E-state index contributed by atoms with van der Waals surface area (Å²) < 4.78 is 5.79. The van der Waals surface area contributed by atoms with Crippen molar-refractivity contribution in [2.24, 2.45) is 5.10 Å². The molecule has 1 aromatic heterocycles. The first kappa shape index (κ1) is 15.4. The lowest BCUT2D eigenvalue weighted by molar-refractivity contribution is 0.159. The Morgan fingerprint density at radius 3 is 2.55 bits per heavy atom. The summed E-state index contributed by atoms with van der Waals surface area (Å²) in [4.78, 5) is 2.29. The summed E-state index contributed by atoms with van der Waals surface area (Å²) in [6.45, 7) is 3.94. The Bertz CT molecular complexity index is 676. The topological polar surface area (TPSA) is 32.0 Å². The van der Waals surface area contributed by atoms with Crippen molar-refractivity contribution in [3.63, 3.8) is 0 Å². The molecule has 1 aliphatic heterocycles. The monoisotopic (exact) mass is 337 g/mol. The number of halogens is 2. The molecule has 0 unspecified atom stereocenters. The second kappa shape index (κ2) is 6.73. The Hall–Kier alpha value is -1.49. The van der Waals surface area contributed by atoms with Gasteiger partial charge in [0.2, 0.25) is 0 Å². The molecule has 0 bridgehead atoms. The van der Waals surface area contributed by atoms with Crippen LogP contribution in [-0.4, -0.2) is 49.4 Å². The van der Waals surface area contributed by atoms with Crippen LogP contribution in [0, 0.1) is 0 Å². The molecule has 6 heteroatoms. The van der Waals surface area contributed by atoms with Crippen LogP contribution < -0.4 is 0 Å². The van der Waals surface area contributed by atoms with E-state index in [9.17, 15) is 0 Å². The van der Waals surface area contributed by atoms with E-state index < -0.39 is 0 Å². The lowest BCUT2D eigenvalue weighted by Gasteiger charge is -2.30. The molecule has 0 atom stereocenters. The summed E-state index contributed by atoms with van der Waals surface area (Å²) in [5.41, 5.74) is 0.897. The second-order valence-corrected chi connectivity index (χ2v) is 6.15. The van der Waals surface area contributed by atoms with Crippen molar-refractivity contribution >= 4 is 29.4 Å². The Morgan fingerprint density at radius 1 is 1.05 bits per heavy atom. The average molecular weight is 338 g/mol. The van der Waals surface area contributed by atoms with Gasteiger partial charge in [0.1, 0.15) is 11.5 Å². The van der Waals surface area contributed by atoms with Crippen molar-refractivity contribution in [3.8, 4) is 11.3 Å². The SMILES string of the molecule is CN1CCN(/N=C\c2ccc(-c3ccc(Cl)c(Cl)c3)o2)CC1. The molecule has 22 heavy (non-hydrogen) atoms. The van der Waals surface area contributed by atoms with E-state index in [2.05, 4.69) is 22.1 Å². The molecule has 3 rings (SSSR count). The molecule has 1 aliphatic rings. The van der Waals surface area contributed by atoms with Crippen LogP contribution in [0.3, 0.4) is 0 Å². The predicted octanol–water partition coefficient (Wildman–Crippen LogP) is 3.83. The number of hydrogen-bond donors (Lipinski definition) is 0. The van der Waals surface area contributed by atoms with Crippen molar-refractivity contribution in [2.75, 3.05) is 33.2 Å². The zero-order chi connectivity index (χ0) is 15.5. The van der Waals surface area contributed by atoms with Gasteiger partial charge in [-0.2, -0.15) is 5.10 Å². The first-order valence-electron chi connectivity index (χ1n) is 7.14. The van der Waals surface area contributed by atoms with Crippen LogP contribution in [-0.2, 0) is 0 Å². The molecule has 0 radical (unpaired) electrons. The van der Waals surface area contributed by atoms with Crippen LogP contribution in [0.5, 0.6) is 0 Å². The number of nitrogens with zero attached hydrogens (tertiary/aromatic N) is 3. The van der Waals surface area contributed by atoms with Crippen LogP contribution >= 0.6 is 23.2 Å². The summed E-state index contributed by atoms with van der Waals surface area (Å²) in [5.74, 6) is 1.47. The van der Waals surface area contributed by atoms with Crippen LogP contribution in [0.25, 0.3) is 11.3 Å². The average Bonchev–Trinajstić information content (AvgIpc) is 2.98. The van der Waals surface area contributed by atoms with Gasteiger partial charge in [-0.25, -0.2) is 0 Å². The highest BCUT2D eigenvalue weighted by Gasteiger charge is 2.11. The van der Waals surface area contributed by atoms with Gasteiger partial charge in [0.05, 0.1) is 16.3 Å². The summed E-state index contributed by atoms with van der Waals surface area (Å²) in [6.07, 6.45) is 1.76. The molecule has 0 saturated carbocycles. The van der Waals surface area contributed by atoms with Gasteiger partial charge in [-0.3, -0.25) is 5.01 Å². The lowest BCUT2D eigenvalue weighted by Crippen LogP contribution is -2.41. The quantitative estimate of drug-likeness (QED) is 0.797. The van der Waals surface area contributed by atoms with Gasteiger partial charge in [-0.15, -0.1) is 0 Å². The molecule has 4 nitrogen and oxygen atoms in total. The molecule has 1 fully saturated rings. The summed E-state index contributed by atoms with van der Waals surface area (Å²) >= 11 is 12.0. The van der Waals surface area contributed by atoms with Gasteiger partial charge in [-0.05, 0) is 37.4 Å². The van der Waals surface area contributed by atoms with Crippen molar-refractivity contribution in [3.05, 3.63) is 46.1 Å². The zero-order valence-corrected chi connectivity index (χ0v) is 13.8. The highest BCUT2D eigenvalue weighted by atomic mass is 35.5. The fourth-order valence-electron chi connectivity index (χ4n) is 2.28. The molecular weight excluding hydrogens is 321 g/mol. The first-order valence-corrected chi connectivity index (χ1v) is 7.90. The number of likely N-dealkylation sites (N-methyl/N-ethyl adjacent to an activating group) is 1. The van der Waals surface area contributed by atoms with E-state index >= 15 is 0 Å². The maximum Gasteiger partial charge on any atom is 0.147 e. The number of furan rings is 1. The van der Waals surface area contributed by atoms with Gasteiger partial charge in [0.15, 0.2) is 0 Å². The van der Waals surface area contributed by atoms with Crippen molar-refractivity contribution < 1.29 is 4.42 Å². The van der Waals surface area contributed by atoms with Gasteiger partial charge >= 0.3 is 0 Å². The Balaban J connectivity index is 1.69. The molecule has 0 N–H and O–H groups in total. The van der Waals surface area contributed by atoms with Crippen molar-refractivity contribution in [2.45, 2.75) is 0 Å². The summed E-state index contributed by atoms with van der Waals surface area (Å²) in [7, 11) is 2.12. The second-order valence-electron chi connectivity index (χ2n) is 5.33. The largest absolute Gasteiger partial charge is 0.455 e. The van der Waals surface area contributed by atoms with E-state index in [1.807, 2.05) is 18.2 Å². The van der Waals surface area contributed by atoms with E-state index in [0.29, 0.717) is 10.0 Å². The van der Waals surface area contributed by atoms with Crippen LogP contribution in [0.2, 0.25) is 10.0 Å². The van der Waals surface area contributed by atoms with Crippen molar-refractivity contribution in [1.82, 2.24) is 9.91 Å². The van der Waals surface area contributed by atoms with E-state index in [1.54, 1.807) is 18.3 Å². The highest BCUT2D eigenvalue weighted by Crippen LogP contribution is 2.29. The van der Waals surface area contributed by atoms with Gasteiger partial charge in [0.25, 0.3) is 0 Å².